The lowest BCUT2D eigenvalue weighted by molar-refractivity contribution is -0.123. The van der Waals surface area contributed by atoms with Crippen LogP contribution in [0.5, 0.6) is 0 Å². The van der Waals surface area contributed by atoms with Crippen molar-refractivity contribution in [2.75, 3.05) is 22.5 Å². The first-order valence-electron chi connectivity index (χ1n) is 13.7. The number of hydrogen-bond donors (Lipinski definition) is 5. The fraction of sp³-hybridized carbons (Fsp3) is 0.481. The number of aryl methyl sites for hydroxylation is 1. The summed E-state index contributed by atoms with van der Waals surface area (Å²) in [7, 11) is 0. The lowest BCUT2D eigenvalue weighted by Gasteiger charge is -2.21. The number of aliphatic hydroxyl groups is 2. The van der Waals surface area contributed by atoms with E-state index in [0.717, 1.165) is 51.6 Å². The molecule has 3 fully saturated rings. The van der Waals surface area contributed by atoms with Crippen LogP contribution >= 0.6 is 22.7 Å². The van der Waals surface area contributed by atoms with Gasteiger partial charge in [-0.15, -0.1) is 22.7 Å². The van der Waals surface area contributed by atoms with Gasteiger partial charge >= 0.3 is 0 Å². The van der Waals surface area contributed by atoms with E-state index in [-0.39, 0.29) is 12.3 Å². The Bertz CT molecular complexity index is 1550. The van der Waals surface area contributed by atoms with Gasteiger partial charge < -0.3 is 26.2 Å². The summed E-state index contributed by atoms with van der Waals surface area (Å²) in [4.78, 5) is 36.2. The summed E-state index contributed by atoms with van der Waals surface area (Å²) in [6, 6.07) is 1.38. The molecule has 0 radical (unpaired) electrons. The molecule has 208 valence electrons. The first kappa shape index (κ1) is 25.7. The molecule has 0 bridgehead atoms. The van der Waals surface area contributed by atoms with Crippen LogP contribution in [-0.4, -0.2) is 65.8 Å². The van der Waals surface area contributed by atoms with Crippen LogP contribution in [0.4, 0.5) is 16.9 Å². The lowest BCUT2D eigenvalue weighted by atomic mass is 10.1. The number of thiazole rings is 2. The maximum Gasteiger partial charge on any atom is 0.232 e. The van der Waals surface area contributed by atoms with Crippen molar-refractivity contribution < 1.29 is 15.0 Å². The summed E-state index contributed by atoms with van der Waals surface area (Å²) in [5, 5.41) is 34.2. The minimum Gasteiger partial charge on any atom is -0.390 e. The topological polar surface area (TPSA) is 158 Å². The minimum atomic E-state index is -1.23. The molecule has 4 atom stereocenters. The van der Waals surface area contributed by atoms with E-state index >= 15 is 0 Å². The summed E-state index contributed by atoms with van der Waals surface area (Å²) in [5.41, 5.74) is 3.46. The molecule has 0 saturated heterocycles. The van der Waals surface area contributed by atoms with Crippen LogP contribution in [-0.2, 0) is 4.79 Å². The quantitative estimate of drug-likeness (QED) is 0.198. The van der Waals surface area contributed by atoms with Gasteiger partial charge in [-0.1, -0.05) is 0 Å². The summed E-state index contributed by atoms with van der Waals surface area (Å²) in [6.07, 6.45) is 5.95. The summed E-state index contributed by atoms with van der Waals surface area (Å²) in [6.45, 7) is 2.74. The molecule has 13 heteroatoms. The van der Waals surface area contributed by atoms with Crippen molar-refractivity contribution in [2.45, 2.75) is 63.2 Å². The second-order valence-corrected chi connectivity index (χ2v) is 12.8. The van der Waals surface area contributed by atoms with E-state index in [2.05, 4.69) is 25.9 Å². The van der Waals surface area contributed by atoms with Crippen LogP contribution in [0.15, 0.2) is 23.8 Å². The Labute approximate surface area is 238 Å². The van der Waals surface area contributed by atoms with Crippen LogP contribution in [0.3, 0.4) is 0 Å². The molecule has 3 saturated carbocycles. The third-order valence-corrected chi connectivity index (χ3v) is 9.58. The number of nitrogens with zero attached hydrogens (tertiary/aromatic N) is 5. The van der Waals surface area contributed by atoms with E-state index in [9.17, 15) is 15.0 Å². The highest BCUT2D eigenvalue weighted by Gasteiger charge is 2.45. The van der Waals surface area contributed by atoms with Gasteiger partial charge in [0, 0.05) is 30.2 Å². The first-order valence-corrected chi connectivity index (χ1v) is 15.4. The molecule has 4 aromatic heterocycles. The Hall–Kier alpha value is -3.26. The smallest absolute Gasteiger partial charge is 0.232 e. The van der Waals surface area contributed by atoms with E-state index in [1.54, 1.807) is 22.9 Å². The predicted molar refractivity (Wildman–Crippen MR) is 155 cm³/mol. The number of anilines is 3. The Balaban J connectivity index is 1.21. The molecule has 3 aliphatic carbocycles. The number of carbonyl (C=O) groups excluding carboxylic acids is 1. The molecular weight excluding hydrogens is 548 g/mol. The van der Waals surface area contributed by atoms with E-state index in [1.165, 1.54) is 24.2 Å². The molecule has 11 nitrogen and oxygen atoms in total. The summed E-state index contributed by atoms with van der Waals surface area (Å²) < 4.78 is 1.06. The predicted octanol–water partition coefficient (Wildman–Crippen LogP) is 3.77. The molecule has 3 aliphatic rings. The van der Waals surface area contributed by atoms with Crippen LogP contribution < -0.4 is 16.0 Å². The average molecular weight is 579 g/mol. The fourth-order valence-electron chi connectivity index (χ4n) is 5.30. The van der Waals surface area contributed by atoms with Gasteiger partial charge in [-0.05, 0) is 51.0 Å². The Kier molecular flexibility index (Phi) is 6.61. The standard InChI is InChI=1S/C27H30N8O3S2/c1-12-18(25-33-20-17(40-25)6-7-28-19(20)14-4-5-14)23(34-26(31-12)30-11-13-2-3-13)32-16-10-15(21(36)22(16)37)24(38)35-27-29-8-9-39-27/h6-9,13-16,21-22,36-37H,2-5,10-11H2,1H3,(H,29,35,38)(H2,30,31,32,34). The molecule has 4 aromatic rings. The monoisotopic (exact) mass is 578 g/mol. The number of fused-ring (bicyclic) bond motifs is 1. The molecule has 7 rings (SSSR count). The van der Waals surface area contributed by atoms with Crippen molar-refractivity contribution in [2.24, 2.45) is 11.8 Å². The van der Waals surface area contributed by atoms with Crippen molar-refractivity contribution in [1.29, 1.82) is 0 Å². The van der Waals surface area contributed by atoms with Crippen molar-refractivity contribution in [3.05, 3.63) is 35.2 Å². The van der Waals surface area contributed by atoms with Gasteiger partial charge in [-0.2, -0.15) is 4.98 Å². The number of carbonyl (C=O) groups is 1. The third kappa shape index (κ3) is 5.02. The lowest BCUT2D eigenvalue weighted by Crippen LogP contribution is -2.37. The Morgan fingerprint density at radius 1 is 1.07 bits per heavy atom. The number of aromatic nitrogens is 5. The van der Waals surface area contributed by atoms with Crippen molar-refractivity contribution in [3.8, 4) is 10.6 Å². The van der Waals surface area contributed by atoms with Crippen molar-refractivity contribution in [3.63, 3.8) is 0 Å². The second kappa shape index (κ2) is 10.3. The van der Waals surface area contributed by atoms with Gasteiger partial charge in [0.15, 0.2) is 5.13 Å². The molecule has 40 heavy (non-hydrogen) atoms. The highest BCUT2D eigenvalue weighted by molar-refractivity contribution is 7.21. The Morgan fingerprint density at radius 2 is 1.93 bits per heavy atom. The van der Waals surface area contributed by atoms with Crippen molar-refractivity contribution >= 4 is 55.7 Å². The van der Waals surface area contributed by atoms with E-state index < -0.39 is 24.2 Å². The molecule has 0 aromatic carbocycles. The molecule has 4 unspecified atom stereocenters. The van der Waals surface area contributed by atoms with Gasteiger partial charge in [0.1, 0.15) is 22.4 Å². The summed E-state index contributed by atoms with van der Waals surface area (Å²) >= 11 is 2.87. The maximum atomic E-state index is 12.9. The van der Waals surface area contributed by atoms with Crippen LogP contribution in [0.25, 0.3) is 20.8 Å². The van der Waals surface area contributed by atoms with Crippen LogP contribution in [0, 0.1) is 18.8 Å². The molecule has 0 spiro atoms. The molecular formula is C27H30N8O3S2. The van der Waals surface area contributed by atoms with E-state index in [1.807, 2.05) is 19.2 Å². The molecule has 5 N–H and O–H groups in total. The van der Waals surface area contributed by atoms with Crippen LogP contribution in [0.1, 0.15) is 49.4 Å². The molecule has 1 amide bonds. The van der Waals surface area contributed by atoms with Gasteiger partial charge in [0.2, 0.25) is 11.9 Å². The number of amides is 1. The molecule has 4 heterocycles. The number of hydrogen-bond acceptors (Lipinski definition) is 12. The number of pyridine rings is 1. The zero-order chi connectivity index (χ0) is 27.4. The first-order chi connectivity index (χ1) is 19.4. The van der Waals surface area contributed by atoms with Gasteiger partial charge in [0.05, 0.1) is 39.7 Å². The SMILES string of the molecule is Cc1nc(NCC2CC2)nc(NC2CC(C(=O)Nc3nccs3)C(O)C2O)c1-c1nc2c(C3CC3)nccc2s1. The van der Waals surface area contributed by atoms with E-state index in [4.69, 9.17) is 15.0 Å². The summed E-state index contributed by atoms with van der Waals surface area (Å²) in [5.74, 6) is 0.950. The second-order valence-electron chi connectivity index (χ2n) is 10.9. The third-order valence-electron chi connectivity index (χ3n) is 7.85. The number of rotatable bonds is 9. The van der Waals surface area contributed by atoms with Gasteiger partial charge in [-0.3, -0.25) is 9.78 Å². The van der Waals surface area contributed by atoms with Crippen LogP contribution in [0.2, 0.25) is 0 Å². The number of aliphatic hydroxyl groups excluding tert-OH is 2. The van der Waals surface area contributed by atoms with Gasteiger partial charge in [-0.25, -0.2) is 15.0 Å². The van der Waals surface area contributed by atoms with E-state index in [0.29, 0.717) is 28.7 Å². The minimum absolute atomic E-state index is 0.225. The fourth-order valence-corrected chi connectivity index (χ4v) is 6.90. The maximum absolute atomic E-state index is 12.9. The Morgan fingerprint density at radius 3 is 2.67 bits per heavy atom. The van der Waals surface area contributed by atoms with Gasteiger partial charge in [0.25, 0.3) is 0 Å². The normalized spacial score (nSPS) is 24.4. The number of nitrogens with one attached hydrogen (secondary N) is 3. The largest absolute Gasteiger partial charge is 0.390 e. The average Bonchev–Trinajstić information content (AvgIpc) is 3.84. The van der Waals surface area contributed by atoms with Crippen molar-refractivity contribution in [1.82, 2.24) is 24.9 Å². The molecule has 0 aliphatic heterocycles. The highest BCUT2D eigenvalue weighted by atomic mass is 32.1. The highest BCUT2D eigenvalue weighted by Crippen LogP contribution is 2.44. The zero-order valence-corrected chi connectivity index (χ0v) is 23.5. The zero-order valence-electron chi connectivity index (χ0n) is 21.9.